The number of carbonyl (C=O) groups is 1. The molecule has 6 heteroatoms. The van der Waals surface area contributed by atoms with E-state index in [2.05, 4.69) is 27.4 Å². The lowest BCUT2D eigenvalue weighted by Crippen LogP contribution is -2.20. The van der Waals surface area contributed by atoms with Crippen LogP contribution in [0.4, 0.5) is 0 Å². The summed E-state index contributed by atoms with van der Waals surface area (Å²) in [5.74, 6) is 2.96. The Morgan fingerprint density at radius 1 is 1.00 bits per heavy atom. The van der Waals surface area contributed by atoms with Gasteiger partial charge in [0.2, 0.25) is 11.8 Å². The third-order valence-electron chi connectivity index (χ3n) is 6.47. The first-order chi connectivity index (χ1) is 16.1. The van der Waals surface area contributed by atoms with E-state index in [9.17, 15) is 4.79 Å². The summed E-state index contributed by atoms with van der Waals surface area (Å²) >= 11 is 0. The van der Waals surface area contributed by atoms with Crippen molar-refractivity contribution in [3.63, 3.8) is 0 Å². The lowest BCUT2D eigenvalue weighted by molar-refractivity contribution is 0.0993. The van der Waals surface area contributed by atoms with Gasteiger partial charge in [-0.05, 0) is 48.9 Å². The molecule has 2 aliphatic carbocycles. The van der Waals surface area contributed by atoms with Crippen molar-refractivity contribution in [2.75, 3.05) is 20.8 Å². The maximum absolute atomic E-state index is 13.0. The van der Waals surface area contributed by atoms with Crippen LogP contribution in [0.2, 0.25) is 0 Å². The highest BCUT2D eigenvalue weighted by atomic mass is 16.5. The van der Waals surface area contributed by atoms with Gasteiger partial charge in [0.25, 0.3) is 0 Å². The molecule has 6 nitrogen and oxygen atoms in total. The number of hydrogen-bond donors (Lipinski definition) is 1. The molecule has 1 heterocycles. The predicted molar refractivity (Wildman–Crippen MR) is 127 cm³/mol. The largest absolute Gasteiger partial charge is 0.481 e. The molecule has 2 unspecified atom stereocenters. The second-order valence-corrected chi connectivity index (χ2v) is 9.00. The number of rotatable bonds is 10. The topological polar surface area (TPSA) is 73.3 Å². The van der Waals surface area contributed by atoms with Gasteiger partial charge >= 0.3 is 0 Å². The molecule has 0 spiro atoms. The fourth-order valence-electron chi connectivity index (χ4n) is 4.17. The number of nitrogens with zero attached hydrogens (tertiary/aromatic N) is 2. The Morgan fingerprint density at radius 2 is 1.73 bits per heavy atom. The van der Waals surface area contributed by atoms with Crippen LogP contribution in [-0.2, 0) is 6.42 Å². The van der Waals surface area contributed by atoms with E-state index in [0.29, 0.717) is 36.0 Å². The molecule has 2 aromatic carbocycles. The van der Waals surface area contributed by atoms with E-state index in [1.807, 2.05) is 36.4 Å². The van der Waals surface area contributed by atoms with Gasteiger partial charge < -0.3 is 14.8 Å². The van der Waals surface area contributed by atoms with Crippen LogP contribution >= 0.6 is 0 Å². The number of carbonyl (C=O) groups excluding carboxylic acids is 1. The van der Waals surface area contributed by atoms with Gasteiger partial charge in [-0.3, -0.25) is 4.79 Å². The molecular weight excluding hydrogens is 414 g/mol. The van der Waals surface area contributed by atoms with Crippen LogP contribution in [0.3, 0.4) is 0 Å². The highest BCUT2D eigenvalue weighted by Crippen LogP contribution is 2.42. The van der Waals surface area contributed by atoms with E-state index in [1.165, 1.54) is 24.8 Å². The SMILES string of the molecule is COc1cc(OC)nc(-c2ccc(CC(=O)c3cccc(C4CC4NCC4CC4)c3)cc2)n1. The molecule has 1 aromatic heterocycles. The van der Waals surface area contributed by atoms with E-state index in [0.717, 1.165) is 29.2 Å². The Morgan fingerprint density at radius 3 is 2.39 bits per heavy atom. The van der Waals surface area contributed by atoms with Crippen molar-refractivity contribution in [1.82, 2.24) is 15.3 Å². The molecule has 0 amide bonds. The minimum absolute atomic E-state index is 0.132. The van der Waals surface area contributed by atoms with Crippen LogP contribution in [0.25, 0.3) is 11.4 Å². The van der Waals surface area contributed by atoms with Crippen molar-refractivity contribution in [1.29, 1.82) is 0 Å². The molecule has 1 N–H and O–H groups in total. The number of ketones is 1. The van der Waals surface area contributed by atoms with Crippen LogP contribution in [0, 0.1) is 5.92 Å². The molecule has 0 aliphatic heterocycles. The summed E-state index contributed by atoms with van der Waals surface area (Å²) in [4.78, 5) is 21.7. The number of aromatic nitrogens is 2. The molecular formula is C27H29N3O3. The third-order valence-corrected chi connectivity index (χ3v) is 6.47. The second-order valence-electron chi connectivity index (χ2n) is 9.00. The monoisotopic (exact) mass is 443 g/mol. The first kappa shape index (κ1) is 21.6. The zero-order chi connectivity index (χ0) is 22.8. The molecule has 0 radical (unpaired) electrons. The first-order valence-corrected chi connectivity index (χ1v) is 11.6. The smallest absolute Gasteiger partial charge is 0.220 e. The Balaban J connectivity index is 1.23. The number of methoxy groups -OCH3 is 2. The van der Waals surface area contributed by atoms with E-state index < -0.39 is 0 Å². The summed E-state index contributed by atoms with van der Waals surface area (Å²) in [6, 6.07) is 18.1. The van der Waals surface area contributed by atoms with E-state index in [-0.39, 0.29) is 5.78 Å². The Hall–Kier alpha value is -3.25. The predicted octanol–water partition coefficient (Wildman–Crippen LogP) is 4.44. The molecule has 5 rings (SSSR count). The summed E-state index contributed by atoms with van der Waals surface area (Å²) in [6.07, 6.45) is 4.27. The van der Waals surface area contributed by atoms with E-state index in [1.54, 1.807) is 20.3 Å². The number of nitrogens with one attached hydrogen (secondary N) is 1. The van der Waals surface area contributed by atoms with Crippen molar-refractivity contribution in [3.8, 4) is 23.1 Å². The van der Waals surface area contributed by atoms with Crippen LogP contribution in [0.5, 0.6) is 11.8 Å². The van der Waals surface area contributed by atoms with Gasteiger partial charge in [0.1, 0.15) is 0 Å². The number of hydrogen-bond acceptors (Lipinski definition) is 6. The average molecular weight is 444 g/mol. The fourth-order valence-corrected chi connectivity index (χ4v) is 4.17. The molecule has 0 bridgehead atoms. The molecule has 170 valence electrons. The zero-order valence-corrected chi connectivity index (χ0v) is 19.1. The van der Waals surface area contributed by atoms with E-state index >= 15 is 0 Å². The van der Waals surface area contributed by atoms with Crippen LogP contribution in [-0.4, -0.2) is 42.6 Å². The highest BCUT2D eigenvalue weighted by molar-refractivity contribution is 5.97. The third kappa shape index (κ3) is 5.22. The minimum Gasteiger partial charge on any atom is -0.481 e. The fraction of sp³-hybridized carbons (Fsp3) is 0.370. The quantitative estimate of drug-likeness (QED) is 0.467. The van der Waals surface area contributed by atoms with Crippen LogP contribution in [0.1, 0.15) is 46.7 Å². The van der Waals surface area contributed by atoms with Gasteiger partial charge in [-0.2, -0.15) is 9.97 Å². The Labute approximate surface area is 194 Å². The standard InChI is InChI=1S/C27H29N3O3/c1-32-25-15-26(33-2)30-27(29-25)19-10-8-17(9-11-19)12-24(31)21-5-3-4-20(13-21)22-14-23(22)28-16-18-6-7-18/h3-5,8-11,13,15,18,22-23,28H,6-7,12,14,16H2,1-2H3. The Kier molecular flexibility index (Phi) is 6.09. The van der Waals surface area contributed by atoms with Gasteiger partial charge in [0.05, 0.1) is 20.3 Å². The van der Waals surface area contributed by atoms with Crippen molar-refractivity contribution < 1.29 is 14.3 Å². The maximum atomic E-state index is 13.0. The molecule has 33 heavy (non-hydrogen) atoms. The van der Waals surface area contributed by atoms with Gasteiger partial charge in [-0.1, -0.05) is 42.5 Å². The highest BCUT2D eigenvalue weighted by Gasteiger charge is 2.39. The molecule has 2 aliphatic rings. The summed E-state index contributed by atoms with van der Waals surface area (Å²) in [5, 5.41) is 3.68. The summed E-state index contributed by atoms with van der Waals surface area (Å²) < 4.78 is 10.5. The number of ether oxygens (including phenoxy) is 2. The van der Waals surface area contributed by atoms with Gasteiger partial charge in [0, 0.05) is 29.5 Å². The normalized spacial score (nSPS) is 19.2. The maximum Gasteiger partial charge on any atom is 0.220 e. The van der Waals surface area contributed by atoms with E-state index in [4.69, 9.17) is 9.47 Å². The van der Waals surface area contributed by atoms with Crippen LogP contribution < -0.4 is 14.8 Å². The molecule has 0 saturated heterocycles. The van der Waals surface area contributed by atoms with Crippen molar-refractivity contribution in [2.45, 2.75) is 37.6 Å². The minimum atomic E-state index is 0.132. The van der Waals surface area contributed by atoms with Gasteiger partial charge in [-0.25, -0.2) is 0 Å². The average Bonchev–Trinajstić information content (AvgIpc) is 3.78. The molecule has 3 aromatic rings. The van der Waals surface area contributed by atoms with Crippen molar-refractivity contribution >= 4 is 5.78 Å². The van der Waals surface area contributed by atoms with Crippen molar-refractivity contribution in [3.05, 3.63) is 71.3 Å². The summed E-state index contributed by atoms with van der Waals surface area (Å²) in [5.41, 5.74) is 3.85. The number of Topliss-reactive ketones (excluding diaryl/α,β-unsaturated/α-hetero) is 1. The summed E-state index contributed by atoms with van der Waals surface area (Å²) in [6.45, 7) is 1.14. The first-order valence-electron chi connectivity index (χ1n) is 11.6. The summed E-state index contributed by atoms with van der Waals surface area (Å²) in [7, 11) is 3.12. The van der Waals surface area contributed by atoms with Gasteiger partial charge in [0.15, 0.2) is 11.6 Å². The van der Waals surface area contributed by atoms with Crippen LogP contribution in [0.15, 0.2) is 54.6 Å². The molecule has 2 saturated carbocycles. The zero-order valence-electron chi connectivity index (χ0n) is 19.1. The number of benzene rings is 2. The van der Waals surface area contributed by atoms with Crippen molar-refractivity contribution in [2.24, 2.45) is 5.92 Å². The second kappa shape index (κ2) is 9.32. The lowest BCUT2D eigenvalue weighted by atomic mass is 9.99. The molecule has 2 fully saturated rings. The lowest BCUT2D eigenvalue weighted by Gasteiger charge is -2.08. The molecule has 2 atom stereocenters. The van der Waals surface area contributed by atoms with Gasteiger partial charge in [-0.15, -0.1) is 0 Å². The Bertz CT molecular complexity index is 1120.